The van der Waals surface area contributed by atoms with Gasteiger partial charge in [-0.3, -0.25) is 0 Å². The van der Waals surface area contributed by atoms with Crippen LogP contribution in [0.15, 0.2) is 48.9 Å². The molecule has 114 valence electrons. The Balaban J connectivity index is 2.08. The summed E-state index contributed by atoms with van der Waals surface area (Å²) in [6.45, 7) is 0.948. The van der Waals surface area contributed by atoms with E-state index in [1.54, 1.807) is 6.33 Å². The van der Waals surface area contributed by atoms with Gasteiger partial charge in [-0.25, -0.2) is 9.97 Å². The molecule has 1 unspecified atom stereocenters. The highest BCUT2D eigenvalue weighted by molar-refractivity contribution is 5.87. The third kappa shape index (κ3) is 2.67. The van der Waals surface area contributed by atoms with Crippen LogP contribution in [0, 0.1) is 0 Å². The Morgan fingerprint density at radius 1 is 1.09 bits per heavy atom. The summed E-state index contributed by atoms with van der Waals surface area (Å²) < 4.78 is 2.24. The molecule has 3 rings (SSSR count). The lowest BCUT2D eigenvalue weighted by atomic mass is 10.0. The van der Waals surface area contributed by atoms with Gasteiger partial charge in [0.2, 0.25) is 0 Å². The Kier molecular flexibility index (Phi) is 4.34. The predicted octanol–water partition coefficient (Wildman–Crippen LogP) is 2.67. The molecular weight excluding hydrogens is 274 g/mol. The van der Waals surface area contributed by atoms with Crippen LogP contribution >= 0.6 is 0 Å². The van der Waals surface area contributed by atoms with Crippen molar-refractivity contribution in [3.05, 3.63) is 54.5 Å². The Morgan fingerprint density at radius 3 is 2.64 bits per heavy atom. The molecule has 0 bridgehead atoms. The van der Waals surface area contributed by atoms with E-state index in [0.29, 0.717) is 0 Å². The third-order valence-electron chi connectivity index (χ3n) is 3.93. The minimum atomic E-state index is 0.255. The van der Waals surface area contributed by atoms with Crippen LogP contribution in [0.1, 0.15) is 18.0 Å². The summed E-state index contributed by atoms with van der Waals surface area (Å²) in [4.78, 5) is 8.78. The molecule has 1 aromatic carbocycles. The minimum Gasteiger partial charge on any atom is -0.372 e. The molecule has 0 radical (unpaired) electrons. The maximum Gasteiger partial charge on any atom is 0.146 e. The summed E-state index contributed by atoms with van der Waals surface area (Å²) in [6, 6.07) is 12.9. The summed E-state index contributed by atoms with van der Waals surface area (Å²) in [5.41, 5.74) is 2.25. The van der Waals surface area contributed by atoms with Crippen molar-refractivity contribution >= 4 is 16.9 Å². The second kappa shape index (κ2) is 6.58. The average molecular weight is 295 g/mol. The van der Waals surface area contributed by atoms with Crippen molar-refractivity contribution in [2.45, 2.75) is 12.5 Å². The molecule has 2 aromatic heterocycles. The Labute approximate surface area is 130 Å². The van der Waals surface area contributed by atoms with Gasteiger partial charge in [-0.2, -0.15) is 0 Å². The van der Waals surface area contributed by atoms with Gasteiger partial charge in [0.15, 0.2) is 0 Å². The molecule has 0 aliphatic heterocycles. The van der Waals surface area contributed by atoms with Crippen molar-refractivity contribution in [1.29, 1.82) is 0 Å². The number of anilines is 1. The second-order valence-electron chi connectivity index (χ2n) is 5.25. The van der Waals surface area contributed by atoms with Gasteiger partial charge in [0.05, 0.1) is 11.4 Å². The summed E-state index contributed by atoms with van der Waals surface area (Å²) in [7, 11) is 3.87. The van der Waals surface area contributed by atoms with E-state index < -0.39 is 0 Å². The molecular formula is C17H21N5. The van der Waals surface area contributed by atoms with Crippen molar-refractivity contribution in [1.82, 2.24) is 19.9 Å². The molecule has 0 aliphatic carbocycles. The van der Waals surface area contributed by atoms with Gasteiger partial charge in [0.25, 0.3) is 0 Å². The van der Waals surface area contributed by atoms with Crippen LogP contribution in [0.5, 0.6) is 0 Å². The number of rotatable bonds is 6. The number of aromatic nitrogens is 3. The molecule has 0 amide bonds. The lowest BCUT2D eigenvalue weighted by Gasteiger charge is -2.20. The van der Waals surface area contributed by atoms with Crippen LogP contribution in [-0.4, -0.2) is 35.2 Å². The first kappa shape index (κ1) is 14.5. The van der Waals surface area contributed by atoms with Gasteiger partial charge in [-0.1, -0.05) is 30.3 Å². The van der Waals surface area contributed by atoms with Crippen molar-refractivity contribution in [3.63, 3.8) is 0 Å². The van der Waals surface area contributed by atoms with Gasteiger partial charge < -0.3 is 15.2 Å². The quantitative estimate of drug-likeness (QED) is 0.734. The molecule has 0 fully saturated rings. The first-order chi connectivity index (χ1) is 10.8. The molecule has 2 N–H and O–H groups in total. The zero-order chi connectivity index (χ0) is 15.4. The number of nitrogens with zero attached hydrogens (tertiary/aromatic N) is 3. The number of fused-ring (bicyclic) bond motifs is 1. The van der Waals surface area contributed by atoms with Gasteiger partial charge in [-0.15, -0.1) is 0 Å². The fraction of sp³-hybridized carbons (Fsp3) is 0.294. The van der Waals surface area contributed by atoms with Crippen LogP contribution in [0.25, 0.3) is 11.0 Å². The molecule has 5 nitrogen and oxygen atoms in total. The number of benzene rings is 1. The normalized spacial score (nSPS) is 12.5. The van der Waals surface area contributed by atoms with Gasteiger partial charge in [0.1, 0.15) is 17.8 Å². The van der Waals surface area contributed by atoms with E-state index in [9.17, 15) is 0 Å². The number of hydrogen-bond acceptors (Lipinski definition) is 4. The van der Waals surface area contributed by atoms with Crippen LogP contribution in [0.4, 0.5) is 5.82 Å². The molecule has 3 aromatic rings. The van der Waals surface area contributed by atoms with Crippen LogP contribution in [-0.2, 0) is 0 Å². The maximum atomic E-state index is 4.50. The van der Waals surface area contributed by atoms with E-state index >= 15 is 0 Å². The first-order valence-electron chi connectivity index (χ1n) is 7.54. The molecule has 0 saturated heterocycles. The van der Waals surface area contributed by atoms with E-state index in [-0.39, 0.29) is 6.04 Å². The molecule has 22 heavy (non-hydrogen) atoms. The standard InChI is InChI=1S/C17H21N5/c1-18-10-8-15(13-6-4-3-5-7-13)22-11-9-14-16(19-2)20-12-21-17(14)22/h3-7,9,11-12,15,18H,8,10H2,1-2H3,(H,19,20,21). The highest BCUT2D eigenvalue weighted by Crippen LogP contribution is 2.28. The van der Waals surface area contributed by atoms with E-state index in [1.807, 2.05) is 20.2 Å². The van der Waals surface area contributed by atoms with E-state index in [4.69, 9.17) is 0 Å². The number of hydrogen-bond donors (Lipinski definition) is 2. The first-order valence-corrected chi connectivity index (χ1v) is 7.54. The van der Waals surface area contributed by atoms with Crippen molar-refractivity contribution in [2.75, 3.05) is 26.0 Å². The van der Waals surface area contributed by atoms with Crippen LogP contribution in [0.3, 0.4) is 0 Å². The van der Waals surface area contributed by atoms with Gasteiger partial charge in [-0.05, 0) is 31.6 Å². The third-order valence-corrected chi connectivity index (χ3v) is 3.93. The van der Waals surface area contributed by atoms with Gasteiger partial charge in [0, 0.05) is 13.2 Å². The molecule has 5 heteroatoms. The monoisotopic (exact) mass is 295 g/mol. The fourth-order valence-corrected chi connectivity index (χ4v) is 2.84. The molecule has 0 saturated carbocycles. The predicted molar refractivity (Wildman–Crippen MR) is 90.2 cm³/mol. The summed E-state index contributed by atoms with van der Waals surface area (Å²) >= 11 is 0. The topological polar surface area (TPSA) is 54.8 Å². The zero-order valence-corrected chi connectivity index (χ0v) is 13.0. The van der Waals surface area contributed by atoms with Crippen molar-refractivity contribution in [2.24, 2.45) is 0 Å². The summed E-state index contributed by atoms with van der Waals surface area (Å²) in [5.74, 6) is 0.865. The fourth-order valence-electron chi connectivity index (χ4n) is 2.84. The second-order valence-corrected chi connectivity index (χ2v) is 5.25. The zero-order valence-electron chi connectivity index (χ0n) is 13.0. The summed E-state index contributed by atoms with van der Waals surface area (Å²) in [6.07, 6.45) is 4.72. The smallest absolute Gasteiger partial charge is 0.146 e. The van der Waals surface area contributed by atoms with Gasteiger partial charge >= 0.3 is 0 Å². The lowest BCUT2D eigenvalue weighted by molar-refractivity contribution is 0.536. The SMILES string of the molecule is CNCCC(c1ccccc1)n1ccc2c(NC)ncnc21. The van der Waals surface area contributed by atoms with E-state index in [2.05, 4.69) is 61.7 Å². The maximum absolute atomic E-state index is 4.50. The molecule has 0 spiro atoms. The Bertz CT molecular complexity index is 735. The largest absolute Gasteiger partial charge is 0.372 e. The highest BCUT2D eigenvalue weighted by Gasteiger charge is 2.17. The van der Waals surface area contributed by atoms with Crippen LogP contribution < -0.4 is 10.6 Å². The van der Waals surface area contributed by atoms with Crippen molar-refractivity contribution < 1.29 is 0 Å². The van der Waals surface area contributed by atoms with Crippen molar-refractivity contribution in [3.8, 4) is 0 Å². The van der Waals surface area contributed by atoms with E-state index in [0.717, 1.165) is 29.8 Å². The Morgan fingerprint density at radius 2 is 1.91 bits per heavy atom. The lowest BCUT2D eigenvalue weighted by Crippen LogP contribution is -2.17. The highest BCUT2D eigenvalue weighted by atomic mass is 15.1. The van der Waals surface area contributed by atoms with E-state index in [1.165, 1.54) is 5.56 Å². The van der Waals surface area contributed by atoms with Crippen LogP contribution in [0.2, 0.25) is 0 Å². The minimum absolute atomic E-state index is 0.255. The Hall–Kier alpha value is -2.40. The molecule has 2 heterocycles. The number of nitrogens with one attached hydrogen (secondary N) is 2. The molecule has 1 atom stereocenters. The average Bonchev–Trinajstić information content (AvgIpc) is 3.00. The molecule has 0 aliphatic rings. The summed E-state index contributed by atoms with van der Waals surface area (Å²) in [5, 5.41) is 7.42.